The standard InChI is InChI=1S/C29H31N3O6/c1-29(2,3)38-27(35)31-15-19(16-31)32(14-18-12-13-25(30-18)26(33)34)28(36)37-17-24-22-10-6-4-8-20(22)21-9-5-7-11-23(21)24/h4-13,19,24,30H,14-17H2,1-3H3,(H,33,34). The molecule has 0 atom stereocenters. The van der Waals surface area contributed by atoms with E-state index in [2.05, 4.69) is 29.2 Å². The number of aromatic carboxylic acids is 1. The first-order valence-corrected chi connectivity index (χ1v) is 12.6. The number of aromatic amines is 1. The Labute approximate surface area is 221 Å². The highest BCUT2D eigenvalue weighted by molar-refractivity contribution is 5.85. The largest absolute Gasteiger partial charge is 0.477 e. The fourth-order valence-corrected chi connectivity index (χ4v) is 4.99. The van der Waals surface area contributed by atoms with Gasteiger partial charge in [-0.15, -0.1) is 0 Å². The van der Waals surface area contributed by atoms with Gasteiger partial charge in [-0.2, -0.15) is 0 Å². The van der Waals surface area contributed by atoms with Gasteiger partial charge in [-0.1, -0.05) is 48.5 Å². The van der Waals surface area contributed by atoms with Gasteiger partial charge in [0, 0.05) is 24.7 Å². The molecule has 3 aromatic rings. The Hall–Kier alpha value is -4.27. The summed E-state index contributed by atoms with van der Waals surface area (Å²) < 4.78 is 11.3. The predicted molar refractivity (Wildman–Crippen MR) is 140 cm³/mol. The number of rotatable bonds is 6. The molecule has 1 aliphatic heterocycles. The quantitative estimate of drug-likeness (QED) is 0.471. The molecule has 0 saturated carbocycles. The minimum atomic E-state index is -1.08. The second kappa shape index (κ2) is 9.89. The number of carbonyl (C=O) groups excluding carboxylic acids is 2. The molecule has 38 heavy (non-hydrogen) atoms. The molecule has 2 amide bonds. The van der Waals surface area contributed by atoms with E-state index in [9.17, 15) is 19.5 Å². The number of hydrogen-bond donors (Lipinski definition) is 2. The minimum absolute atomic E-state index is 0.0384. The number of carbonyl (C=O) groups is 3. The fourth-order valence-electron chi connectivity index (χ4n) is 4.99. The SMILES string of the molecule is CC(C)(C)OC(=O)N1CC(N(Cc2ccc(C(=O)O)[nH]2)C(=O)OCC2c3ccccc3-c3ccccc32)C1. The van der Waals surface area contributed by atoms with Crippen molar-refractivity contribution in [3.8, 4) is 11.1 Å². The topological polar surface area (TPSA) is 112 Å². The molecular formula is C29H31N3O6. The summed E-state index contributed by atoms with van der Waals surface area (Å²) in [5.74, 6) is -1.17. The molecule has 1 saturated heterocycles. The van der Waals surface area contributed by atoms with Crippen molar-refractivity contribution in [1.29, 1.82) is 0 Å². The highest BCUT2D eigenvalue weighted by Gasteiger charge is 2.40. The van der Waals surface area contributed by atoms with E-state index < -0.39 is 23.8 Å². The lowest BCUT2D eigenvalue weighted by atomic mass is 9.98. The van der Waals surface area contributed by atoms with Crippen LogP contribution in [0.5, 0.6) is 0 Å². The maximum Gasteiger partial charge on any atom is 0.410 e. The zero-order valence-electron chi connectivity index (χ0n) is 21.6. The van der Waals surface area contributed by atoms with Gasteiger partial charge in [0.05, 0.1) is 12.6 Å². The van der Waals surface area contributed by atoms with Gasteiger partial charge >= 0.3 is 18.2 Å². The van der Waals surface area contributed by atoms with Crippen LogP contribution in [0.3, 0.4) is 0 Å². The molecule has 5 rings (SSSR count). The number of fused-ring (bicyclic) bond motifs is 3. The van der Waals surface area contributed by atoms with E-state index in [1.807, 2.05) is 24.3 Å². The first-order valence-electron chi connectivity index (χ1n) is 12.6. The van der Waals surface area contributed by atoms with Crippen LogP contribution in [0.4, 0.5) is 9.59 Å². The third-order valence-electron chi connectivity index (χ3n) is 6.84. The Balaban J connectivity index is 1.31. The van der Waals surface area contributed by atoms with Gasteiger partial charge in [0.1, 0.15) is 17.9 Å². The van der Waals surface area contributed by atoms with Gasteiger partial charge < -0.3 is 24.5 Å². The number of aromatic nitrogens is 1. The highest BCUT2D eigenvalue weighted by Crippen LogP contribution is 2.44. The highest BCUT2D eigenvalue weighted by atomic mass is 16.6. The second-order valence-corrected chi connectivity index (χ2v) is 10.7. The molecule has 0 spiro atoms. The Morgan fingerprint density at radius 1 is 0.974 bits per heavy atom. The average Bonchev–Trinajstić information content (AvgIpc) is 3.43. The molecule has 2 N–H and O–H groups in total. The molecule has 2 aromatic carbocycles. The number of H-pyrrole nitrogens is 1. The normalized spacial score (nSPS) is 14.9. The van der Waals surface area contributed by atoms with Crippen LogP contribution in [-0.2, 0) is 16.0 Å². The van der Waals surface area contributed by atoms with Crippen molar-refractivity contribution in [3.05, 3.63) is 83.2 Å². The number of likely N-dealkylation sites (tertiary alicyclic amines) is 1. The number of benzene rings is 2. The van der Waals surface area contributed by atoms with E-state index in [1.165, 1.54) is 11.0 Å². The van der Waals surface area contributed by atoms with Gasteiger partial charge in [-0.3, -0.25) is 4.90 Å². The molecule has 0 unspecified atom stereocenters. The molecule has 0 radical (unpaired) electrons. The summed E-state index contributed by atoms with van der Waals surface area (Å²) in [4.78, 5) is 43.1. The molecule has 1 fully saturated rings. The van der Waals surface area contributed by atoms with Gasteiger partial charge in [0.2, 0.25) is 0 Å². The average molecular weight is 518 g/mol. The zero-order chi connectivity index (χ0) is 27.0. The molecule has 0 bridgehead atoms. The van der Waals surface area contributed by atoms with Crippen LogP contribution >= 0.6 is 0 Å². The number of hydrogen-bond acceptors (Lipinski definition) is 5. The van der Waals surface area contributed by atoms with E-state index in [4.69, 9.17) is 9.47 Å². The Morgan fingerprint density at radius 2 is 1.58 bits per heavy atom. The van der Waals surface area contributed by atoms with Crippen molar-refractivity contribution >= 4 is 18.2 Å². The summed E-state index contributed by atoms with van der Waals surface area (Å²) in [5.41, 5.74) is 4.49. The van der Waals surface area contributed by atoms with Crippen molar-refractivity contribution < 1.29 is 29.0 Å². The molecule has 1 aromatic heterocycles. The summed E-state index contributed by atoms with van der Waals surface area (Å²) in [6, 6.07) is 19.0. The van der Waals surface area contributed by atoms with E-state index in [-0.39, 0.29) is 30.8 Å². The van der Waals surface area contributed by atoms with E-state index in [1.54, 1.807) is 31.7 Å². The molecule has 198 valence electrons. The lowest BCUT2D eigenvalue weighted by Crippen LogP contribution is -2.62. The van der Waals surface area contributed by atoms with Gasteiger partial charge in [0.15, 0.2) is 0 Å². The fraction of sp³-hybridized carbons (Fsp3) is 0.345. The molecule has 9 nitrogen and oxygen atoms in total. The van der Waals surface area contributed by atoms with E-state index in [0.717, 1.165) is 22.3 Å². The van der Waals surface area contributed by atoms with Crippen LogP contribution in [0.15, 0.2) is 60.7 Å². The van der Waals surface area contributed by atoms with Crippen molar-refractivity contribution in [2.24, 2.45) is 0 Å². The third kappa shape index (κ3) is 5.09. The van der Waals surface area contributed by atoms with E-state index in [0.29, 0.717) is 18.8 Å². The first kappa shape index (κ1) is 25.4. The Morgan fingerprint density at radius 3 is 2.13 bits per heavy atom. The van der Waals surface area contributed by atoms with Crippen LogP contribution < -0.4 is 0 Å². The van der Waals surface area contributed by atoms with Crippen LogP contribution in [0, 0.1) is 0 Å². The molecule has 2 aliphatic rings. The summed E-state index contributed by atoms with van der Waals surface area (Å²) in [6.45, 7) is 6.29. The lowest BCUT2D eigenvalue weighted by molar-refractivity contribution is -0.0178. The summed E-state index contributed by atoms with van der Waals surface area (Å²) in [5, 5.41) is 9.27. The van der Waals surface area contributed by atoms with Gasteiger partial charge in [-0.05, 0) is 55.2 Å². The second-order valence-electron chi connectivity index (χ2n) is 10.7. The lowest BCUT2D eigenvalue weighted by Gasteiger charge is -2.44. The van der Waals surface area contributed by atoms with Crippen molar-refractivity contribution in [2.45, 2.75) is 44.9 Å². The third-order valence-corrected chi connectivity index (χ3v) is 6.84. The summed E-state index contributed by atoms with van der Waals surface area (Å²) >= 11 is 0. The van der Waals surface area contributed by atoms with Crippen LogP contribution in [0.2, 0.25) is 0 Å². The van der Waals surface area contributed by atoms with Crippen LogP contribution in [0.25, 0.3) is 11.1 Å². The molecule has 2 heterocycles. The maximum absolute atomic E-state index is 13.4. The number of ether oxygens (including phenoxy) is 2. The number of nitrogens with one attached hydrogen (secondary N) is 1. The van der Waals surface area contributed by atoms with Crippen molar-refractivity contribution in [3.63, 3.8) is 0 Å². The Bertz CT molecular complexity index is 1320. The number of carboxylic acids is 1. The van der Waals surface area contributed by atoms with E-state index >= 15 is 0 Å². The van der Waals surface area contributed by atoms with Gasteiger partial charge in [0.25, 0.3) is 0 Å². The maximum atomic E-state index is 13.4. The molecule has 1 aliphatic carbocycles. The first-order chi connectivity index (χ1) is 18.1. The zero-order valence-corrected chi connectivity index (χ0v) is 21.6. The smallest absolute Gasteiger partial charge is 0.410 e. The summed E-state index contributed by atoms with van der Waals surface area (Å²) in [6.07, 6.45) is -0.957. The van der Waals surface area contributed by atoms with Crippen LogP contribution in [-0.4, -0.2) is 69.4 Å². The van der Waals surface area contributed by atoms with Crippen molar-refractivity contribution in [2.75, 3.05) is 19.7 Å². The monoisotopic (exact) mass is 517 g/mol. The van der Waals surface area contributed by atoms with Crippen LogP contribution in [0.1, 0.15) is 54.0 Å². The minimum Gasteiger partial charge on any atom is -0.477 e. The Kier molecular flexibility index (Phi) is 6.60. The van der Waals surface area contributed by atoms with Crippen molar-refractivity contribution in [1.82, 2.24) is 14.8 Å². The number of nitrogens with zero attached hydrogens (tertiary/aromatic N) is 2. The predicted octanol–water partition coefficient (Wildman–Crippen LogP) is 5.08. The number of amides is 2. The molecular weight excluding hydrogens is 486 g/mol. The summed E-state index contributed by atoms with van der Waals surface area (Å²) in [7, 11) is 0. The molecule has 9 heteroatoms. The number of carboxylic acid groups (broad SMARTS) is 1. The van der Waals surface area contributed by atoms with Gasteiger partial charge in [-0.25, -0.2) is 14.4 Å².